The first-order chi connectivity index (χ1) is 9.60. The van der Waals surface area contributed by atoms with Gasteiger partial charge in [-0.1, -0.05) is 6.07 Å². The van der Waals surface area contributed by atoms with Gasteiger partial charge in [-0.25, -0.2) is 13.8 Å². The van der Waals surface area contributed by atoms with Crippen LogP contribution in [0.2, 0.25) is 0 Å². The molecule has 0 atom stereocenters. The topological polar surface area (TPSA) is 43.8 Å². The first-order valence-electron chi connectivity index (χ1n) is 6.21. The van der Waals surface area contributed by atoms with Gasteiger partial charge in [0, 0.05) is 13.6 Å². The fourth-order valence-corrected chi connectivity index (χ4v) is 2.27. The van der Waals surface area contributed by atoms with Gasteiger partial charge in [-0.2, -0.15) is 0 Å². The van der Waals surface area contributed by atoms with Crippen molar-refractivity contribution in [1.29, 1.82) is 0 Å². The van der Waals surface area contributed by atoms with E-state index in [1.54, 1.807) is 11.6 Å². The summed E-state index contributed by atoms with van der Waals surface area (Å²) in [6, 6.07) is 8.96. The van der Waals surface area contributed by atoms with E-state index in [-0.39, 0.29) is 5.56 Å². The second-order valence-corrected chi connectivity index (χ2v) is 4.65. The van der Waals surface area contributed by atoms with Gasteiger partial charge in [0.2, 0.25) is 0 Å². The third kappa shape index (κ3) is 1.96. The lowest BCUT2D eigenvalue weighted by Gasteiger charge is -2.04. The Morgan fingerprint density at radius 1 is 1.15 bits per heavy atom. The Hall–Kier alpha value is -2.27. The molecule has 0 saturated carbocycles. The van der Waals surface area contributed by atoms with Crippen LogP contribution in [0, 0.1) is 11.6 Å². The van der Waals surface area contributed by atoms with E-state index in [0.717, 1.165) is 34.8 Å². The maximum absolute atomic E-state index is 13.9. The Kier molecular flexibility index (Phi) is 2.99. The summed E-state index contributed by atoms with van der Waals surface area (Å²) in [6.07, 6.45) is 0. The van der Waals surface area contributed by atoms with Gasteiger partial charge < -0.3 is 10.3 Å². The zero-order valence-electron chi connectivity index (χ0n) is 10.9. The third-order valence-corrected chi connectivity index (χ3v) is 3.35. The molecule has 5 heteroatoms. The van der Waals surface area contributed by atoms with Gasteiger partial charge in [-0.05, 0) is 35.9 Å². The highest BCUT2D eigenvalue weighted by Crippen LogP contribution is 2.27. The Morgan fingerprint density at radius 3 is 2.70 bits per heavy atom. The molecular weight excluding hydrogens is 260 g/mol. The maximum Gasteiger partial charge on any atom is 0.143 e. The number of halogens is 2. The number of nitrogens with two attached hydrogens (primary N) is 1. The van der Waals surface area contributed by atoms with Gasteiger partial charge in [0.1, 0.15) is 17.5 Å². The molecule has 0 unspecified atom stereocenters. The fraction of sp³-hybridized carbons (Fsp3) is 0.133. The molecule has 1 aromatic heterocycles. The summed E-state index contributed by atoms with van der Waals surface area (Å²) in [7, 11) is 1.77. The molecule has 0 saturated heterocycles. The zero-order chi connectivity index (χ0) is 14.3. The largest absolute Gasteiger partial charge is 0.327 e. The first-order valence-corrected chi connectivity index (χ1v) is 6.21. The number of rotatable bonds is 2. The summed E-state index contributed by atoms with van der Waals surface area (Å²) in [5.74, 6) is -0.592. The molecule has 0 spiro atoms. The molecule has 102 valence electrons. The Morgan fingerprint density at radius 2 is 1.95 bits per heavy atom. The quantitative estimate of drug-likeness (QED) is 0.780. The molecule has 20 heavy (non-hydrogen) atoms. The molecule has 0 radical (unpaired) electrons. The smallest absolute Gasteiger partial charge is 0.143 e. The molecule has 0 aliphatic heterocycles. The minimum Gasteiger partial charge on any atom is -0.327 e. The Balaban J connectivity index is 2.26. The van der Waals surface area contributed by atoms with Crippen molar-refractivity contribution in [2.24, 2.45) is 12.8 Å². The van der Waals surface area contributed by atoms with Crippen molar-refractivity contribution in [3.05, 3.63) is 53.6 Å². The third-order valence-electron chi connectivity index (χ3n) is 3.35. The van der Waals surface area contributed by atoms with Gasteiger partial charge >= 0.3 is 0 Å². The predicted octanol–water partition coefficient (Wildman–Crippen LogP) is 2.98. The number of aromatic nitrogens is 2. The number of nitrogens with zero attached hydrogens (tertiary/aromatic N) is 2. The van der Waals surface area contributed by atoms with Crippen molar-refractivity contribution in [2.45, 2.75) is 6.54 Å². The monoisotopic (exact) mass is 273 g/mol. The van der Waals surface area contributed by atoms with Crippen molar-refractivity contribution >= 4 is 11.0 Å². The number of imidazole rings is 1. The number of hydrogen-bond acceptors (Lipinski definition) is 2. The molecular formula is C15H13F2N3. The van der Waals surface area contributed by atoms with E-state index in [1.165, 1.54) is 0 Å². The molecule has 2 aromatic carbocycles. The van der Waals surface area contributed by atoms with Gasteiger partial charge in [0.15, 0.2) is 0 Å². The van der Waals surface area contributed by atoms with Crippen LogP contribution in [0.4, 0.5) is 8.78 Å². The molecule has 0 aliphatic rings. The van der Waals surface area contributed by atoms with Crippen molar-refractivity contribution < 1.29 is 8.78 Å². The van der Waals surface area contributed by atoms with E-state index in [2.05, 4.69) is 4.98 Å². The summed E-state index contributed by atoms with van der Waals surface area (Å²) in [5.41, 5.74) is 8.29. The second-order valence-electron chi connectivity index (χ2n) is 4.65. The lowest BCUT2D eigenvalue weighted by molar-refractivity contribution is 0.601. The van der Waals surface area contributed by atoms with E-state index in [9.17, 15) is 8.78 Å². The minimum absolute atomic E-state index is 0.151. The zero-order valence-corrected chi connectivity index (χ0v) is 10.9. The molecule has 3 nitrogen and oxygen atoms in total. The van der Waals surface area contributed by atoms with Crippen LogP contribution in [0.1, 0.15) is 5.56 Å². The molecule has 0 bridgehead atoms. The fourth-order valence-electron chi connectivity index (χ4n) is 2.27. The Labute approximate surface area is 114 Å². The van der Waals surface area contributed by atoms with Crippen LogP contribution in [-0.4, -0.2) is 9.55 Å². The van der Waals surface area contributed by atoms with Crippen LogP contribution in [-0.2, 0) is 13.6 Å². The van der Waals surface area contributed by atoms with Gasteiger partial charge in [-0.15, -0.1) is 0 Å². The molecule has 3 rings (SSSR count). The molecule has 0 aliphatic carbocycles. The number of fused-ring (bicyclic) bond motifs is 1. The van der Waals surface area contributed by atoms with Crippen molar-refractivity contribution in [3.63, 3.8) is 0 Å². The molecule has 0 fully saturated rings. The molecule has 2 N–H and O–H groups in total. The van der Waals surface area contributed by atoms with Gasteiger partial charge in [0.25, 0.3) is 0 Å². The van der Waals surface area contributed by atoms with E-state index in [1.807, 2.05) is 18.2 Å². The summed E-state index contributed by atoms with van der Waals surface area (Å²) in [4.78, 5) is 4.38. The van der Waals surface area contributed by atoms with Crippen molar-refractivity contribution in [2.75, 3.05) is 0 Å². The highest BCUT2D eigenvalue weighted by Gasteiger charge is 2.14. The van der Waals surface area contributed by atoms with Gasteiger partial charge in [0.05, 0.1) is 16.6 Å². The number of aryl methyl sites for hydroxylation is 1. The van der Waals surface area contributed by atoms with Crippen LogP contribution in [0.25, 0.3) is 22.4 Å². The van der Waals surface area contributed by atoms with E-state index < -0.39 is 11.6 Å². The average Bonchev–Trinajstić information content (AvgIpc) is 2.78. The Bertz CT molecular complexity index is 793. The van der Waals surface area contributed by atoms with Crippen LogP contribution in [0.15, 0.2) is 36.4 Å². The van der Waals surface area contributed by atoms with Crippen molar-refractivity contribution in [1.82, 2.24) is 9.55 Å². The summed E-state index contributed by atoms with van der Waals surface area (Å²) in [6.45, 7) is 0.421. The highest BCUT2D eigenvalue weighted by molar-refractivity contribution is 5.81. The summed E-state index contributed by atoms with van der Waals surface area (Å²) < 4.78 is 28.9. The van der Waals surface area contributed by atoms with Crippen LogP contribution < -0.4 is 5.73 Å². The minimum atomic E-state index is -0.496. The lowest BCUT2D eigenvalue weighted by atomic mass is 10.2. The van der Waals surface area contributed by atoms with E-state index in [4.69, 9.17) is 5.73 Å². The SMILES string of the molecule is Cn1c(-c2cc(F)ccc2F)nc2ccc(CN)cc21. The summed E-state index contributed by atoms with van der Waals surface area (Å²) >= 11 is 0. The predicted molar refractivity (Wildman–Crippen MR) is 74.0 cm³/mol. The first kappa shape index (κ1) is 12.7. The van der Waals surface area contributed by atoms with Crippen LogP contribution in [0.3, 0.4) is 0 Å². The molecule has 3 aromatic rings. The average molecular weight is 273 g/mol. The van der Waals surface area contributed by atoms with Gasteiger partial charge in [-0.3, -0.25) is 0 Å². The van der Waals surface area contributed by atoms with E-state index >= 15 is 0 Å². The molecule has 1 heterocycles. The lowest BCUT2D eigenvalue weighted by Crippen LogP contribution is -1.98. The second kappa shape index (κ2) is 4.68. The normalized spacial score (nSPS) is 11.2. The summed E-state index contributed by atoms with van der Waals surface area (Å²) in [5, 5.41) is 0. The maximum atomic E-state index is 13.9. The molecule has 0 amide bonds. The standard InChI is InChI=1S/C15H13F2N3/c1-20-14-6-9(8-18)2-5-13(14)19-15(20)11-7-10(16)3-4-12(11)17/h2-7H,8,18H2,1H3. The number of benzene rings is 2. The van der Waals surface area contributed by atoms with Crippen LogP contribution in [0.5, 0.6) is 0 Å². The van der Waals surface area contributed by atoms with Crippen LogP contribution >= 0.6 is 0 Å². The number of hydrogen-bond donors (Lipinski definition) is 1. The van der Waals surface area contributed by atoms with Crippen molar-refractivity contribution in [3.8, 4) is 11.4 Å². The van der Waals surface area contributed by atoms with E-state index in [0.29, 0.717) is 12.4 Å². The highest BCUT2D eigenvalue weighted by atomic mass is 19.1.